The Kier molecular flexibility index (Phi) is 7.75. The smallest absolute Gasteiger partial charge is 0.266 e. The number of thioether (sulfide) groups is 1. The monoisotopic (exact) mass is 577 g/mol. The van der Waals surface area contributed by atoms with Crippen molar-refractivity contribution in [1.29, 1.82) is 0 Å². The van der Waals surface area contributed by atoms with Crippen LogP contribution in [-0.2, 0) is 17.9 Å². The van der Waals surface area contributed by atoms with Gasteiger partial charge < -0.3 is 4.74 Å². The van der Waals surface area contributed by atoms with Crippen LogP contribution in [0.25, 0.3) is 23.0 Å². The van der Waals surface area contributed by atoms with Crippen molar-refractivity contribution in [3.8, 4) is 22.7 Å². The van der Waals surface area contributed by atoms with E-state index in [0.717, 1.165) is 22.4 Å². The van der Waals surface area contributed by atoms with Crippen molar-refractivity contribution in [3.63, 3.8) is 0 Å². The third kappa shape index (κ3) is 5.99. The van der Waals surface area contributed by atoms with Crippen LogP contribution in [0, 0.1) is 5.82 Å². The number of hydrogen-bond donors (Lipinski definition) is 0. The summed E-state index contributed by atoms with van der Waals surface area (Å²) < 4.78 is 22.4. The zero-order chi connectivity index (χ0) is 28.2. The molecule has 2 heterocycles. The number of ether oxygens (including phenoxy) is 1. The van der Waals surface area contributed by atoms with E-state index in [0.29, 0.717) is 32.8 Å². The zero-order valence-electron chi connectivity index (χ0n) is 21.8. The van der Waals surface area contributed by atoms with E-state index in [4.69, 9.17) is 22.1 Å². The molecule has 0 aliphatic carbocycles. The number of hydrogen-bond acceptors (Lipinski definition) is 5. The summed E-state index contributed by atoms with van der Waals surface area (Å²) in [6.45, 7) is 0.520. The summed E-state index contributed by atoms with van der Waals surface area (Å²) in [7, 11) is 0. The molecular formula is C33H24FN3O2S2. The first-order chi connectivity index (χ1) is 20.0. The van der Waals surface area contributed by atoms with Crippen LogP contribution in [0.2, 0.25) is 0 Å². The van der Waals surface area contributed by atoms with Gasteiger partial charge >= 0.3 is 0 Å². The van der Waals surface area contributed by atoms with Crippen molar-refractivity contribution in [2.45, 2.75) is 13.2 Å². The summed E-state index contributed by atoms with van der Waals surface area (Å²) in [5.74, 6) is 0.140. The summed E-state index contributed by atoms with van der Waals surface area (Å²) in [4.78, 5) is 15.6. The molecule has 1 fully saturated rings. The lowest BCUT2D eigenvalue weighted by Crippen LogP contribution is -2.27. The van der Waals surface area contributed by atoms with Gasteiger partial charge in [-0.3, -0.25) is 9.69 Å². The van der Waals surface area contributed by atoms with E-state index in [1.807, 2.05) is 97.2 Å². The molecular weight excluding hydrogens is 554 g/mol. The van der Waals surface area contributed by atoms with E-state index >= 15 is 0 Å². The van der Waals surface area contributed by atoms with Crippen LogP contribution < -0.4 is 4.74 Å². The lowest BCUT2D eigenvalue weighted by Gasteiger charge is -2.14. The Morgan fingerprint density at radius 1 is 0.902 bits per heavy atom. The van der Waals surface area contributed by atoms with Crippen LogP contribution in [0.1, 0.15) is 16.7 Å². The molecule has 41 heavy (non-hydrogen) atoms. The molecule has 4 aromatic carbocycles. The SMILES string of the molecule is O=C1/C(=C/c2cn(-c3ccccc3)nc2-c2cccc(OCc3ccccc3F)c2)SC(=S)N1Cc1ccccc1. The largest absolute Gasteiger partial charge is 0.489 e. The lowest BCUT2D eigenvalue weighted by molar-refractivity contribution is -0.122. The second-order valence-corrected chi connectivity index (χ2v) is 11.1. The molecule has 0 unspecified atom stereocenters. The molecule has 1 aliphatic heterocycles. The number of nitrogens with zero attached hydrogens (tertiary/aromatic N) is 3. The summed E-state index contributed by atoms with van der Waals surface area (Å²) in [5.41, 5.74) is 4.62. The number of aromatic nitrogens is 2. The van der Waals surface area contributed by atoms with Gasteiger partial charge in [0.25, 0.3) is 5.91 Å². The number of halogens is 1. The van der Waals surface area contributed by atoms with Crippen LogP contribution in [0.3, 0.4) is 0 Å². The van der Waals surface area contributed by atoms with Gasteiger partial charge in [-0.15, -0.1) is 0 Å². The van der Waals surface area contributed by atoms with E-state index in [2.05, 4.69) is 0 Å². The number of rotatable bonds is 8. The minimum absolute atomic E-state index is 0.103. The fourth-order valence-electron chi connectivity index (χ4n) is 4.48. The first kappa shape index (κ1) is 26.7. The number of thiocarbonyl (C=S) groups is 1. The highest BCUT2D eigenvalue weighted by Gasteiger charge is 2.32. The maximum atomic E-state index is 14.1. The van der Waals surface area contributed by atoms with Crippen molar-refractivity contribution in [3.05, 3.63) is 143 Å². The van der Waals surface area contributed by atoms with E-state index < -0.39 is 0 Å². The first-order valence-corrected chi connectivity index (χ1v) is 14.2. The average Bonchev–Trinajstić information content (AvgIpc) is 3.54. The summed E-state index contributed by atoms with van der Waals surface area (Å²) in [5, 5.41) is 4.89. The molecule has 1 amide bonds. The van der Waals surface area contributed by atoms with Gasteiger partial charge in [0.15, 0.2) is 0 Å². The van der Waals surface area contributed by atoms with Crippen molar-refractivity contribution in [2.75, 3.05) is 0 Å². The zero-order valence-corrected chi connectivity index (χ0v) is 23.4. The summed E-state index contributed by atoms with van der Waals surface area (Å²) in [6.07, 6.45) is 3.75. The topological polar surface area (TPSA) is 47.4 Å². The second-order valence-electron chi connectivity index (χ2n) is 9.37. The normalized spacial score (nSPS) is 14.2. The molecule has 1 aliphatic rings. The van der Waals surface area contributed by atoms with Crippen molar-refractivity contribution in [2.24, 2.45) is 0 Å². The fourth-order valence-corrected chi connectivity index (χ4v) is 5.73. The molecule has 5 nitrogen and oxygen atoms in total. The molecule has 5 aromatic rings. The predicted molar refractivity (Wildman–Crippen MR) is 165 cm³/mol. The summed E-state index contributed by atoms with van der Waals surface area (Å²) in [6, 6.07) is 33.6. The maximum absolute atomic E-state index is 14.1. The molecule has 1 saturated heterocycles. The van der Waals surface area contributed by atoms with Crippen molar-refractivity contribution < 1.29 is 13.9 Å². The molecule has 0 radical (unpaired) electrons. The highest BCUT2D eigenvalue weighted by atomic mass is 32.2. The first-order valence-electron chi connectivity index (χ1n) is 13.0. The van der Waals surface area contributed by atoms with Gasteiger partial charge in [0.1, 0.15) is 28.2 Å². The molecule has 0 bridgehead atoms. The van der Waals surface area contributed by atoms with Gasteiger partial charge in [-0.25, -0.2) is 9.07 Å². The maximum Gasteiger partial charge on any atom is 0.266 e. The quantitative estimate of drug-likeness (QED) is 0.140. The minimum Gasteiger partial charge on any atom is -0.489 e. The number of carbonyl (C=O) groups excluding carboxylic acids is 1. The van der Waals surface area contributed by atoms with E-state index in [-0.39, 0.29) is 18.3 Å². The molecule has 0 atom stereocenters. The lowest BCUT2D eigenvalue weighted by atomic mass is 10.1. The van der Waals surface area contributed by atoms with Gasteiger partial charge in [-0.1, -0.05) is 103 Å². The highest BCUT2D eigenvalue weighted by molar-refractivity contribution is 8.26. The Hall–Kier alpha value is -4.53. The Morgan fingerprint density at radius 3 is 2.41 bits per heavy atom. The fraction of sp³-hybridized carbons (Fsp3) is 0.0606. The highest BCUT2D eigenvalue weighted by Crippen LogP contribution is 2.36. The number of carbonyl (C=O) groups is 1. The van der Waals surface area contributed by atoms with E-state index in [1.165, 1.54) is 17.8 Å². The third-order valence-electron chi connectivity index (χ3n) is 6.57. The van der Waals surface area contributed by atoms with Crippen LogP contribution >= 0.6 is 24.0 Å². The molecule has 202 valence electrons. The predicted octanol–water partition coefficient (Wildman–Crippen LogP) is 7.66. The van der Waals surface area contributed by atoms with E-state index in [9.17, 15) is 9.18 Å². The molecule has 0 spiro atoms. The van der Waals surface area contributed by atoms with Crippen molar-refractivity contribution in [1.82, 2.24) is 14.7 Å². The molecule has 0 N–H and O–H groups in total. The molecule has 1 aromatic heterocycles. The number of para-hydroxylation sites is 1. The van der Waals surface area contributed by atoms with E-state index in [1.54, 1.807) is 27.8 Å². The Balaban J connectivity index is 1.33. The Morgan fingerprint density at radius 2 is 1.63 bits per heavy atom. The molecule has 6 rings (SSSR count). The summed E-state index contributed by atoms with van der Waals surface area (Å²) >= 11 is 6.86. The van der Waals surface area contributed by atoms with Crippen LogP contribution in [-0.4, -0.2) is 24.9 Å². The third-order valence-corrected chi connectivity index (χ3v) is 7.94. The van der Waals surface area contributed by atoms with Crippen LogP contribution in [0.4, 0.5) is 4.39 Å². The van der Waals surface area contributed by atoms with Gasteiger partial charge in [-0.05, 0) is 42.0 Å². The van der Waals surface area contributed by atoms with Gasteiger partial charge in [0, 0.05) is 22.9 Å². The minimum atomic E-state index is -0.308. The molecule has 0 saturated carbocycles. The van der Waals surface area contributed by atoms with Crippen LogP contribution in [0.15, 0.2) is 120 Å². The van der Waals surface area contributed by atoms with Gasteiger partial charge in [0.05, 0.1) is 17.1 Å². The Bertz CT molecular complexity index is 1750. The standard InChI is InChI=1S/C33H24FN3O2S2/c34-29-17-8-7-12-25(29)22-39-28-16-9-13-24(18-28)31-26(21-37(35-31)27-14-5-2-6-15-27)19-30-32(38)36(33(40)41-30)20-23-10-3-1-4-11-23/h1-19,21H,20,22H2/b30-19-. The van der Waals surface area contributed by atoms with Crippen LogP contribution in [0.5, 0.6) is 5.75 Å². The van der Waals surface area contributed by atoms with Gasteiger partial charge in [0.2, 0.25) is 0 Å². The second kappa shape index (κ2) is 11.9. The molecule has 8 heteroatoms. The Labute approximate surface area is 246 Å². The number of amides is 1. The number of benzene rings is 4. The van der Waals surface area contributed by atoms with Gasteiger partial charge in [-0.2, -0.15) is 5.10 Å². The average molecular weight is 578 g/mol. The van der Waals surface area contributed by atoms with Crippen molar-refractivity contribution >= 4 is 40.3 Å².